The molecule has 2 heterocycles. The molecule has 4 amide bonds. The lowest BCUT2D eigenvalue weighted by Crippen LogP contribution is -2.32. The zero-order valence-corrected chi connectivity index (χ0v) is 19.5. The molecule has 0 atom stereocenters. The van der Waals surface area contributed by atoms with Crippen LogP contribution in [0.4, 0.5) is 10.5 Å². The maximum atomic E-state index is 13.1. The number of carbonyl (C=O) groups excluding carboxylic acids is 3. The quantitative estimate of drug-likeness (QED) is 0.286. The van der Waals surface area contributed by atoms with Crippen molar-refractivity contribution < 1.29 is 14.4 Å². The number of nitrogens with two attached hydrogens (primary N) is 1. The fraction of sp³-hybridized carbons (Fsp3) is 0.320. The molecule has 9 heteroatoms. The van der Waals surface area contributed by atoms with Crippen LogP contribution < -0.4 is 16.4 Å². The van der Waals surface area contributed by atoms with E-state index < -0.39 is 0 Å². The minimum Gasteiger partial charge on any atom is -0.398 e. The smallest absolute Gasteiger partial charge is 0.324 e. The molecule has 0 unspecified atom stereocenters. The van der Waals surface area contributed by atoms with Crippen molar-refractivity contribution in [2.75, 3.05) is 39.5 Å². The third kappa shape index (κ3) is 5.04. The largest absolute Gasteiger partial charge is 0.398 e. The molecule has 1 fully saturated rings. The van der Waals surface area contributed by atoms with Crippen LogP contribution in [0.5, 0.6) is 0 Å². The summed E-state index contributed by atoms with van der Waals surface area (Å²) in [5, 5.41) is 6.49. The number of aromatic amines is 1. The highest BCUT2D eigenvalue weighted by atomic mass is 16.2. The van der Waals surface area contributed by atoms with Gasteiger partial charge in [0.25, 0.3) is 5.91 Å². The summed E-state index contributed by atoms with van der Waals surface area (Å²) in [6, 6.07) is 13.1. The fourth-order valence-corrected chi connectivity index (χ4v) is 4.12. The number of rotatable bonds is 9. The summed E-state index contributed by atoms with van der Waals surface area (Å²) in [7, 11) is 3.99. The number of benzene rings is 2. The van der Waals surface area contributed by atoms with Crippen molar-refractivity contribution in [1.82, 2.24) is 25.4 Å². The van der Waals surface area contributed by atoms with Gasteiger partial charge in [-0.25, -0.2) is 4.79 Å². The molecule has 0 radical (unpaired) electrons. The molecular weight excluding hydrogens is 432 g/mol. The maximum absolute atomic E-state index is 13.1. The first kappa shape index (κ1) is 23.3. The van der Waals surface area contributed by atoms with Crippen LogP contribution in [0.2, 0.25) is 0 Å². The van der Waals surface area contributed by atoms with Crippen molar-refractivity contribution in [2.45, 2.75) is 19.4 Å². The third-order valence-electron chi connectivity index (χ3n) is 6.06. The molecule has 178 valence electrons. The number of imide groups is 1. The van der Waals surface area contributed by atoms with Gasteiger partial charge in [-0.1, -0.05) is 24.3 Å². The first-order valence-electron chi connectivity index (χ1n) is 11.3. The van der Waals surface area contributed by atoms with Crippen molar-refractivity contribution >= 4 is 34.4 Å². The van der Waals surface area contributed by atoms with Gasteiger partial charge in [-0.15, -0.1) is 0 Å². The molecule has 1 aliphatic heterocycles. The molecule has 0 aliphatic carbocycles. The lowest BCUT2D eigenvalue weighted by molar-refractivity contribution is -0.124. The van der Waals surface area contributed by atoms with Crippen LogP contribution in [-0.2, 0) is 24.2 Å². The van der Waals surface area contributed by atoms with Crippen molar-refractivity contribution in [3.05, 3.63) is 64.8 Å². The molecule has 4 rings (SSSR count). The molecule has 2 aromatic carbocycles. The number of amides is 4. The Labute approximate surface area is 198 Å². The molecule has 0 spiro atoms. The van der Waals surface area contributed by atoms with Gasteiger partial charge >= 0.3 is 6.03 Å². The predicted octanol–water partition coefficient (Wildman–Crippen LogP) is 1.88. The number of anilines is 1. The number of nitrogens with zero attached hydrogens (tertiary/aromatic N) is 2. The summed E-state index contributed by atoms with van der Waals surface area (Å²) in [5.41, 5.74) is 10.9. The highest BCUT2D eigenvalue weighted by Gasteiger charge is 2.27. The Morgan fingerprint density at radius 3 is 2.65 bits per heavy atom. The van der Waals surface area contributed by atoms with Gasteiger partial charge in [-0.2, -0.15) is 0 Å². The second-order valence-electron chi connectivity index (χ2n) is 8.75. The van der Waals surface area contributed by atoms with Crippen LogP contribution in [-0.4, -0.2) is 66.4 Å². The minimum absolute atomic E-state index is 0.0530. The lowest BCUT2D eigenvalue weighted by Gasteiger charge is -2.13. The van der Waals surface area contributed by atoms with E-state index in [2.05, 4.69) is 20.5 Å². The first-order chi connectivity index (χ1) is 16.3. The summed E-state index contributed by atoms with van der Waals surface area (Å²) in [4.78, 5) is 43.4. The number of aromatic nitrogens is 1. The van der Waals surface area contributed by atoms with E-state index in [9.17, 15) is 14.4 Å². The average molecular weight is 463 g/mol. The number of H-pyrrole nitrogens is 1. The SMILES string of the molecule is CN(C)CCc1c(C(=O)NCc2ccccc2N)[nH]c2ccc(CCN3C(=O)CNC3=O)cc12. The van der Waals surface area contributed by atoms with Gasteiger partial charge < -0.3 is 26.3 Å². The van der Waals surface area contributed by atoms with E-state index in [1.54, 1.807) is 0 Å². The van der Waals surface area contributed by atoms with Crippen LogP contribution in [0, 0.1) is 0 Å². The Hall–Kier alpha value is -3.85. The van der Waals surface area contributed by atoms with Gasteiger partial charge in [-0.05, 0) is 61.8 Å². The number of hydrogen-bond acceptors (Lipinski definition) is 5. The number of hydrogen-bond donors (Lipinski definition) is 4. The molecule has 1 saturated heterocycles. The van der Waals surface area contributed by atoms with E-state index in [0.29, 0.717) is 37.3 Å². The highest BCUT2D eigenvalue weighted by molar-refractivity contribution is 6.02. The molecule has 1 aromatic heterocycles. The Morgan fingerprint density at radius 1 is 1.15 bits per heavy atom. The minimum atomic E-state index is -0.350. The van der Waals surface area contributed by atoms with E-state index in [1.165, 1.54) is 4.90 Å². The number of para-hydroxylation sites is 1. The van der Waals surface area contributed by atoms with Crippen molar-refractivity contribution in [1.29, 1.82) is 0 Å². The van der Waals surface area contributed by atoms with Crippen LogP contribution in [0.25, 0.3) is 10.9 Å². The zero-order chi connectivity index (χ0) is 24.2. The zero-order valence-electron chi connectivity index (χ0n) is 19.5. The highest BCUT2D eigenvalue weighted by Crippen LogP contribution is 2.25. The van der Waals surface area contributed by atoms with Crippen LogP contribution in [0.15, 0.2) is 42.5 Å². The summed E-state index contributed by atoms with van der Waals surface area (Å²) in [6.07, 6.45) is 1.24. The van der Waals surface area contributed by atoms with Gasteiger partial charge in [0.15, 0.2) is 0 Å². The van der Waals surface area contributed by atoms with Crippen LogP contribution in [0.1, 0.15) is 27.2 Å². The Morgan fingerprint density at radius 2 is 1.94 bits per heavy atom. The van der Waals surface area contributed by atoms with Gasteiger partial charge in [-0.3, -0.25) is 14.5 Å². The lowest BCUT2D eigenvalue weighted by atomic mass is 10.0. The van der Waals surface area contributed by atoms with Gasteiger partial charge in [0.2, 0.25) is 5.91 Å². The third-order valence-corrected chi connectivity index (χ3v) is 6.06. The fourth-order valence-electron chi connectivity index (χ4n) is 4.12. The summed E-state index contributed by atoms with van der Waals surface area (Å²) < 4.78 is 0. The Balaban J connectivity index is 1.57. The van der Waals surface area contributed by atoms with Crippen molar-refractivity contribution in [3.63, 3.8) is 0 Å². The number of likely N-dealkylation sites (N-methyl/N-ethyl adjacent to an activating group) is 1. The van der Waals surface area contributed by atoms with Crippen molar-refractivity contribution in [2.24, 2.45) is 0 Å². The molecular formula is C25H30N6O3. The molecule has 0 bridgehead atoms. The van der Waals surface area contributed by atoms with Gasteiger partial charge in [0.05, 0.1) is 6.54 Å². The Bertz CT molecular complexity index is 1220. The van der Waals surface area contributed by atoms with E-state index in [0.717, 1.165) is 34.1 Å². The van der Waals surface area contributed by atoms with E-state index in [1.807, 2.05) is 56.6 Å². The second-order valence-corrected chi connectivity index (χ2v) is 8.75. The van der Waals surface area contributed by atoms with Crippen LogP contribution >= 0.6 is 0 Å². The molecule has 3 aromatic rings. The topological polar surface area (TPSA) is 124 Å². The number of nitrogen functional groups attached to an aromatic ring is 1. The van der Waals surface area contributed by atoms with Crippen LogP contribution in [0.3, 0.4) is 0 Å². The standard InChI is InChI=1S/C25H30N6O3/c1-30(2)11-10-18-19-13-16(9-12-31-22(32)15-28-25(31)34)7-8-21(19)29-23(18)24(33)27-14-17-5-3-4-6-20(17)26/h3-8,13,29H,9-12,14-15,26H2,1-2H3,(H,27,33)(H,28,34). The molecule has 9 nitrogen and oxygen atoms in total. The normalized spacial score (nSPS) is 13.7. The molecule has 1 aliphatic rings. The number of nitrogens with one attached hydrogen (secondary N) is 3. The van der Waals surface area contributed by atoms with Gasteiger partial charge in [0.1, 0.15) is 5.69 Å². The first-order valence-corrected chi connectivity index (χ1v) is 11.3. The number of carbonyl (C=O) groups is 3. The summed E-state index contributed by atoms with van der Waals surface area (Å²) >= 11 is 0. The summed E-state index contributed by atoms with van der Waals surface area (Å²) in [5.74, 6) is -0.397. The average Bonchev–Trinajstić information content (AvgIpc) is 3.34. The van der Waals surface area contributed by atoms with E-state index >= 15 is 0 Å². The maximum Gasteiger partial charge on any atom is 0.324 e. The predicted molar refractivity (Wildman–Crippen MR) is 131 cm³/mol. The number of fused-ring (bicyclic) bond motifs is 1. The molecule has 34 heavy (non-hydrogen) atoms. The Kier molecular flexibility index (Phi) is 6.83. The second kappa shape index (κ2) is 9.96. The molecule has 5 N–H and O–H groups in total. The summed E-state index contributed by atoms with van der Waals surface area (Å²) in [6.45, 7) is 1.49. The molecule has 0 saturated carbocycles. The monoisotopic (exact) mass is 462 g/mol. The van der Waals surface area contributed by atoms with E-state index in [-0.39, 0.29) is 24.4 Å². The number of urea groups is 1. The van der Waals surface area contributed by atoms with Crippen molar-refractivity contribution in [3.8, 4) is 0 Å². The van der Waals surface area contributed by atoms with Gasteiger partial charge in [0, 0.05) is 36.2 Å². The van der Waals surface area contributed by atoms with E-state index in [4.69, 9.17) is 5.73 Å².